The molecular formula is C26H43N3O5. The van der Waals surface area contributed by atoms with E-state index in [0.29, 0.717) is 18.4 Å². The van der Waals surface area contributed by atoms with Gasteiger partial charge in [-0.15, -0.1) is 0 Å². The molecule has 8 nitrogen and oxygen atoms in total. The smallest absolute Gasteiger partial charge is 0.408 e. The van der Waals surface area contributed by atoms with E-state index in [-0.39, 0.29) is 35.6 Å². The lowest BCUT2D eigenvalue weighted by atomic mass is 9.94. The molecule has 192 valence electrons. The van der Waals surface area contributed by atoms with E-state index >= 15 is 0 Å². The van der Waals surface area contributed by atoms with Gasteiger partial charge in [0, 0.05) is 12.1 Å². The molecule has 0 aromatic heterocycles. The summed E-state index contributed by atoms with van der Waals surface area (Å²) in [4.78, 5) is 41.6. The van der Waals surface area contributed by atoms with Crippen LogP contribution in [0.25, 0.3) is 0 Å². The molecule has 8 heteroatoms. The highest BCUT2D eigenvalue weighted by molar-refractivity contribution is 5.92. The third-order valence-electron chi connectivity index (χ3n) is 5.61. The second-order valence-corrected chi connectivity index (χ2v) is 10.2. The molecule has 0 saturated heterocycles. The fourth-order valence-electron chi connectivity index (χ4n) is 3.57. The number of benzene rings is 1. The zero-order chi connectivity index (χ0) is 26.2. The molecule has 3 N–H and O–H groups in total. The fraction of sp³-hybridized carbons (Fsp3) is 0.654. The average molecular weight is 478 g/mol. The lowest BCUT2D eigenvalue weighted by molar-refractivity contribution is -0.146. The summed E-state index contributed by atoms with van der Waals surface area (Å²) in [5.74, 6) is -0.928. The summed E-state index contributed by atoms with van der Waals surface area (Å²) in [6, 6.07) is 4.03. The Bertz CT molecular complexity index is 834. The van der Waals surface area contributed by atoms with E-state index in [1.165, 1.54) is 17.0 Å². The number of carbonyl (C=O) groups is 3. The minimum absolute atomic E-state index is 0.00162. The van der Waals surface area contributed by atoms with Gasteiger partial charge in [-0.1, -0.05) is 39.3 Å². The van der Waals surface area contributed by atoms with Gasteiger partial charge in [-0.3, -0.25) is 9.59 Å². The number of phenols is 1. The van der Waals surface area contributed by atoms with Crippen LogP contribution in [0, 0.1) is 5.92 Å². The molecule has 4 atom stereocenters. The number of carbonyl (C=O) groups excluding carboxylic acids is 3. The van der Waals surface area contributed by atoms with Gasteiger partial charge in [-0.05, 0) is 71.6 Å². The first kappa shape index (κ1) is 29.3. The molecule has 1 aromatic rings. The van der Waals surface area contributed by atoms with E-state index in [9.17, 15) is 19.5 Å². The van der Waals surface area contributed by atoms with Gasteiger partial charge in [0.25, 0.3) is 0 Å². The van der Waals surface area contributed by atoms with Crippen LogP contribution in [-0.2, 0) is 14.3 Å². The number of ether oxygens (including phenoxy) is 1. The second-order valence-electron chi connectivity index (χ2n) is 10.2. The second kappa shape index (κ2) is 12.6. The zero-order valence-corrected chi connectivity index (χ0v) is 22.1. The van der Waals surface area contributed by atoms with Crippen molar-refractivity contribution >= 4 is 17.9 Å². The van der Waals surface area contributed by atoms with Gasteiger partial charge in [0.2, 0.25) is 11.8 Å². The molecule has 34 heavy (non-hydrogen) atoms. The molecule has 0 spiro atoms. The van der Waals surface area contributed by atoms with Crippen LogP contribution < -0.4 is 10.6 Å². The van der Waals surface area contributed by atoms with Gasteiger partial charge in [-0.2, -0.15) is 0 Å². The minimum atomic E-state index is -0.982. The maximum atomic E-state index is 14.0. The summed E-state index contributed by atoms with van der Waals surface area (Å²) in [6.45, 7) is 16.6. The largest absolute Gasteiger partial charge is 0.508 e. The number of aromatic hydroxyl groups is 1. The summed E-state index contributed by atoms with van der Waals surface area (Å²) in [7, 11) is 0. The van der Waals surface area contributed by atoms with Gasteiger partial charge >= 0.3 is 6.09 Å². The minimum Gasteiger partial charge on any atom is -0.508 e. The van der Waals surface area contributed by atoms with Crippen LogP contribution in [-0.4, -0.2) is 51.6 Å². The predicted octanol–water partition coefficient (Wildman–Crippen LogP) is 4.52. The Labute approximate surface area is 204 Å². The Morgan fingerprint density at radius 1 is 1.03 bits per heavy atom. The Hall–Kier alpha value is -2.77. The monoisotopic (exact) mass is 477 g/mol. The molecule has 4 unspecified atom stereocenters. The molecule has 0 aliphatic carbocycles. The van der Waals surface area contributed by atoms with Crippen molar-refractivity contribution in [2.75, 3.05) is 0 Å². The Kier molecular flexibility index (Phi) is 10.9. The number of hydrogen-bond donors (Lipinski definition) is 3. The number of nitrogens with one attached hydrogen (secondary N) is 2. The van der Waals surface area contributed by atoms with Crippen LogP contribution in [0.3, 0.4) is 0 Å². The lowest BCUT2D eigenvalue weighted by Gasteiger charge is -2.39. The van der Waals surface area contributed by atoms with E-state index in [0.717, 1.165) is 0 Å². The molecule has 1 rings (SSSR count). The van der Waals surface area contributed by atoms with Crippen molar-refractivity contribution < 1.29 is 24.2 Å². The van der Waals surface area contributed by atoms with Crippen molar-refractivity contribution in [2.24, 2.45) is 5.92 Å². The number of hydrogen-bond acceptors (Lipinski definition) is 5. The summed E-state index contributed by atoms with van der Waals surface area (Å²) >= 11 is 0. The number of nitrogens with zero attached hydrogens (tertiary/aromatic N) is 1. The van der Waals surface area contributed by atoms with E-state index in [1.54, 1.807) is 32.9 Å². The van der Waals surface area contributed by atoms with Crippen molar-refractivity contribution in [3.8, 4) is 5.75 Å². The summed E-state index contributed by atoms with van der Waals surface area (Å²) in [5, 5.41) is 15.7. The highest BCUT2D eigenvalue weighted by Crippen LogP contribution is 2.29. The van der Waals surface area contributed by atoms with E-state index in [1.807, 2.05) is 41.5 Å². The van der Waals surface area contributed by atoms with Crippen LogP contribution in [0.15, 0.2) is 24.3 Å². The average Bonchev–Trinajstić information content (AvgIpc) is 2.72. The summed E-state index contributed by atoms with van der Waals surface area (Å²) < 4.78 is 5.41. The Balaban J connectivity index is 3.55. The van der Waals surface area contributed by atoms with Crippen LogP contribution in [0.4, 0.5) is 4.79 Å². The first-order valence-electron chi connectivity index (χ1n) is 12.1. The topological polar surface area (TPSA) is 108 Å². The first-order chi connectivity index (χ1) is 15.7. The lowest BCUT2D eigenvalue weighted by Crippen LogP contribution is -2.57. The third kappa shape index (κ3) is 8.54. The SMILES string of the molecule is CCC(C)C(NC(=O)OC(C)(C)C)C(=O)N(C(C)CC)C(C(=O)NC(C)C)c1cccc(O)c1. The Morgan fingerprint density at radius 3 is 2.12 bits per heavy atom. The Morgan fingerprint density at radius 2 is 1.65 bits per heavy atom. The van der Waals surface area contributed by atoms with Crippen LogP contribution >= 0.6 is 0 Å². The standard InChI is InChI=1S/C26H43N3O5/c1-10-17(5)21(28-25(33)34-26(7,8)9)24(32)29(18(6)11-2)22(23(31)27-16(3)4)19-13-12-14-20(30)15-19/h12-18,21-22,30H,10-11H2,1-9H3,(H,27,31)(H,28,33). The van der Waals surface area contributed by atoms with E-state index in [4.69, 9.17) is 4.74 Å². The van der Waals surface area contributed by atoms with Gasteiger partial charge in [0.1, 0.15) is 23.4 Å². The number of phenolic OH excluding ortho intramolecular Hbond substituents is 1. The van der Waals surface area contributed by atoms with Crippen LogP contribution in [0.2, 0.25) is 0 Å². The molecule has 3 amide bonds. The van der Waals surface area contributed by atoms with Crippen LogP contribution in [0.5, 0.6) is 5.75 Å². The summed E-state index contributed by atoms with van der Waals surface area (Å²) in [6.07, 6.45) is 0.543. The normalized spacial score (nSPS) is 15.1. The maximum Gasteiger partial charge on any atom is 0.408 e. The molecule has 0 heterocycles. The molecule has 0 fully saturated rings. The highest BCUT2D eigenvalue weighted by atomic mass is 16.6. The van der Waals surface area contributed by atoms with E-state index < -0.39 is 23.8 Å². The highest BCUT2D eigenvalue weighted by Gasteiger charge is 2.40. The third-order valence-corrected chi connectivity index (χ3v) is 5.61. The van der Waals surface area contributed by atoms with Crippen molar-refractivity contribution in [2.45, 2.75) is 105 Å². The molecule has 0 aliphatic rings. The molecular weight excluding hydrogens is 434 g/mol. The van der Waals surface area contributed by atoms with Gasteiger partial charge < -0.3 is 25.4 Å². The number of alkyl carbamates (subject to hydrolysis) is 1. The van der Waals surface area contributed by atoms with Crippen molar-refractivity contribution in [3.63, 3.8) is 0 Å². The molecule has 0 bridgehead atoms. The van der Waals surface area contributed by atoms with Crippen molar-refractivity contribution in [1.29, 1.82) is 0 Å². The van der Waals surface area contributed by atoms with Gasteiger partial charge in [0.15, 0.2) is 0 Å². The molecule has 0 aliphatic heterocycles. The first-order valence-corrected chi connectivity index (χ1v) is 12.1. The van der Waals surface area contributed by atoms with Crippen molar-refractivity contribution in [1.82, 2.24) is 15.5 Å². The fourth-order valence-corrected chi connectivity index (χ4v) is 3.57. The van der Waals surface area contributed by atoms with Crippen LogP contribution in [0.1, 0.15) is 86.8 Å². The van der Waals surface area contributed by atoms with Crippen molar-refractivity contribution in [3.05, 3.63) is 29.8 Å². The molecule has 0 saturated carbocycles. The van der Waals surface area contributed by atoms with Gasteiger partial charge in [0.05, 0.1) is 0 Å². The summed E-state index contributed by atoms with van der Waals surface area (Å²) in [5.41, 5.74) is -0.225. The zero-order valence-electron chi connectivity index (χ0n) is 22.1. The molecule has 1 aromatic carbocycles. The predicted molar refractivity (Wildman–Crippen MR) is 133 cm³/mol. The molecule has 0 radical (unpaired) electrons. The van der Waals surface area contributed by atoms with Gasteiger partial charge in [-0.25, -0.2) is 4.79 Å². The quantitative estimate of drug-likeness (QED) is 0.459. The maximum absolute atomic E-state index is 14.0. The number of rotatable bonds is 10. The van der Waals surface area contributed by atoms with E-state index in [2.05, 4.69) is 10.6 Å². The number of amides is 3.